The first-order valence-electron chi connectivity index (χ1n) is 2.50. The van der Waals surface area contributed by atoms with Crippen molar-refractivity contribution >= 4 is 11.6 Å². The third-order valence-corrected chi connectivity index (χ3v) is 1.21. The van der Waals surface area contributed by atoms with Crippen molar-refractivity contribution < 1.29 is 5.11 Å². The maximum atomic E-state index is 8.96. The average Bonchev–Trinajstić information content (AvgIpc) is 1.89. The van der Waals surface area contributed by atoms with E-state index in [4.69, 9.17) is 16.7 Å². The van der Waals surface area contributed by atoms with Gasteiger partial charge in [-0.25, -0.2) is 5.01 Å². The van der Waals surface area contributed by atoms with Crippen LogP contribution in [0.2, 0.25) is 0 Å². The minimum Gasteiger partial charge on any atom is -0.493 e. The predicted octanol–water partition coefficient (Wildman–Crippen LogP) is 0.916. The van der Waals surface area contributed by atoms with Crippen molar-refractivity contribution in [2.24, 2.45) is 0 Å². The van der Waals surface area contributed by atoms with Gasteiger partial charge in [0.05, 0.1) is 0 Å². The van der Waals surface area contributed by atoms with Crippen LogP contribution in [-0.2, 0) is 0 Å². The highest BCUT2D eigenvalue weighted by molar-refractivity contribution is 6.17. The van der Waals surface area contributed by atoms with Crippen molar-refractivity contribution in [1.29, 1.82) is 0 Å². The van der Waals surface area contributed by atoms with Crippen molar-refractivity contribution in [2.45, 2.75) is 0 Å². The number of allylic oxidation sites excluding steroid dienone is 2. The van der Waals surface area contributed by atoms with Crippen LogP contribution in [0.5, 0.6) is 0 Å². The van der Waals surface area contributed by atoms with E-state index >= 15 is 0 Å². The summed E-state index contributed by atoms with van der Waals surface area (Å²) >= 11 is 5.40. The van der Waals surface area contributed by atoms with E-state index in [1.165, 1.54) is 5.01 Å². The second-order valence-corrected chi connectivity index (χ2v) is 1.80. The van der Waals surface area contributed by atoms with Crippen LogP contribution in [-0.4, -0.2) is 16.1 Å². The van der Waals surface area contributed by atoms with Crippen LogP contribution in [0.3, 0.4) is 0 Å². The Morgan fingerprint density at radius 2 is 2.56 bits per heavy atom. The van der Waals surface area contributed by atoms with Crippen LogP contribution >= 0.6 is 11.6 Å². The summed E-state index contributed by atoms with van der Waals surface area (Å²) in [5.74, 6) is 0.132. The van der Waals surface area contributed by atoms with Crippen molar-refractivity contribution in [3.8, 4) is 0 Å². The Balaban J connectivity index is 2.59. The molecule has 0 saturated heterocycles. The number of alkyl halides is 1. The van der Waals surface area contributed by atoms with E-state index in [9.17, 15) is 0 Å². The van der Waals surface area contributed by atoms with Crippen LogP contribution in [0.4, 0.5) is 0 Å². The molecule has 0 aromatic heterocycles. The van der Waals surface area contributed by atoms with Gasteiger partial charge in [-0.2, -0.15) is 0 Å². The zero-order chi connectivity index (χ0) is 6.69. The Morgan fingerprint density at radius 3 is 3.00 bits per heavy atom. The first kappa shape index (κ1) is 6.29. The van der Waals surface area contributed by atoms with Gasteiger partial charge in [0.2, 0.25) is 5.88 Å². The lowest BCUT2D eigenvalue weighted by molar-refractivity contribution is 0.186. The maximum absolute atomic E-state index is 8.96. The van der Waals surface area contributed by atoms with Crippen molar-refractivity contribution in [2.75, 3.05) is 6.00 Å². The zero-order valence-electron chi connectivity index (χ0n) is 4.71. The second kappa shape index (κ2) is 2.64. The average molecular weight is 147 g/mol. The molecule has 0 amide bonds. The van der Waals surface area contributed by atoms with Crippen LogP contribution in [0, 0.1) is 0 Å². The molecule has 9 heavy (non-hydrogen) atoms. The smallest absolute Gasteiger partial charge is 0.206 e. The molecular weight excluding hydrogens is 140 g/mol. The molecule has 0 fully saturated rings. The number of nitrogens with zero attached hydrogens (tertiary/aromatic N) is 1. The summed E-state index contributed by atoms with van der Waals surface area (Å²) in [5, 5.41) is 10.4. The number of halogens is 1. The highest BCUT2D eigenvalue weighted by atomic mass is 35.5. The van der Waals surface area contributed by atoms with Crippen LogP contribution in [0.25, 0.3) is 0 Å². The Hall–Kier alpha value is -0.830. The summed E-state index contributed by atoms with van der Waals surface area (Å²) in [4.78, 5) is 0. The van der Waals surface area contributed by atoms with Crippen LogP contribution in [0.15, 0.2) is 24.2 Å². The first-order valence-corrected chi connectivity index (χ1v) is 3.03. The minimum absolute atomic E-state index is 0.132. The predicted molar refractivity (Wildman–Crippen MR) is 35.5 cm³/mol. The molecule has 0 aliphatic carbocycles. The maximum Gasteiger partial charge on any atom is 0.206 e. The van der Waals surface area contributed by atoms with Gasteiger partial charge >= 0.3 is 0 Å². The molecule has 0 unspecified atom stereocenters. The summed E-state index contributed by atoms with van der Waals surface area (Å²) < 4.78 is 0. The molecule has 0 aromatic carbocycles. The fourth-order valence-electron chi connectivity index (χ4n) is 0.519. The number of rotatable bonds is 1. The Bertz CT molecular complexity index is 155. The lowest BCUT2D eigenvalue weighted by Gasteiger charge is -2.21. The molecular formula is C5H7ClN2O. The molecule has 0 spiro atoms. The molecule has 0 aromatic rings. The molecule has 0 atom stereocenters. The number of hydrogen-bond acceptors (Lipinski definition) is 3. The molecule has 0 saturated carbocycles. The molecule has 2 N–H and O–H groups in total. The SMILES string of the molecule is OC1=CC=CNN1CCl. The first-order chi connectivity index (χ1) is 4.34. The third-order valence-electron chi connectivity index (χ3n) is 0.968. The largest absolute Gasteiger partial charge is 0.493 e. The highest BCUT2D eigenvalue weighted by Gasteiger charge is 2.04. The molecule has 1 aliphatic heterocycles. The highest BCUT2D eigenvalue weighted by Crippen LogP contribution is 2.01. The van der Waals surface area contributed by atoms with Crippen molar-refractivity contribution in [3.63, 3.8) is 0 Å². The van der Waals surface area contributed by atoms with E-state index in [1.54, 1.807) is 18.4 Å². The number of hydrazine groups is 1. The fourth-order valence-corrected chi connectivity index (χ4v) is 0.710. The quantitative estimate of drug-likeness (QED) is 0.427. The summed E-state index contributed by atoms with van der Waals surface area (Å²) in [6, 6.07) is 0.229. The van der Waals surface area contributed by atoms with E-state index < -0.39 is 0 Å². The number of aliphatic hydroxyl groups excluding tert-OH is 1. The summed E-state index contributed by atoms with van der Waals surface area (Å²) in [7, 11) is 0. The van der Waals surface area contributed by atoms with E-state index in [0.717, 1.165) is 0 Å². The minimum atomic E-state index is 0.132. The van der Waals surface area contributed by atoms with Crippen molar-refractivity contribution in [1.82, 2.24) is 10.4 Å². The van der Waals surface area contributed by atoms with Gasteiger partial charge in [-0.15, -0.1) is 11.6 Å². The van der Waals surface area contributed by atoms with Gasteiger partial charge in [0, 0.05) is 12.3 Å². The normalized spacial score (nSPS) is 17.0. The van der Waals surface area contributed by atoms with Gasteiger partial charge in [-0.05, 0) is 6.08 Å². The van der Waals surface area contributed by atoms with Gasteiger partial charge in [0.25, 0.3) is 0 Å². The molecule has 4 heteroatoms. The topological polar surface area (TPSA) is 35.5 Å². The number of nitrogens with one attached hydrogen (secondary N) is 1. The van der Waals surface area contributed by atoms with E-state index in [2.05, 4.69) is 5.43 Å². The van der Waals surface area contributed by atoms with Gasteiger partial charge in [-0.3, -0.25) is 0 Å². The molecule has 50 valence electrons. The van der Waals surface area contributed by atoms with Gasteiger partial charge in [-0.1, -0.05) is 0 Å². The Kier molecular flexibility index (Phi) is 1.85. The summed E-state index contributed by atoms with van der Waals surface area (Å²) in [6.45, 7) is 0. The Morgan fingerprint density at radius 1 is 1.78 bits per heavy atom. The van der Waals surface area contributed by atoms with E-state index in [0.29, 0.717) is 0 Å². The zero-order valence-corrected chi connectivity index (χ0v) is 5.47. The van der Waals surface area contributed by atoms with E-state index in [1.807, 2.05) is 0 Å². The Labute approximate surface area is 58.2 Å². The molecule has 1 heterocycles. The molecule has 0 bridgehead atoms. The molecule has 1 aliphatic rings. The lowest BCUT2D eigenvalue weighted by atomic mass is 10.5. The van der Waals surface area contributed by atoms with Crippen LogP contribution in [0.1, 0.15) is 0 Å². The number of hydrogen-bond donors (Lipinski definition) is 2. The summed E-state index contributed by atoms with van der Waals surface area (Å²) in [6.07, 6.45) is 4.93. The lowest BCUT2D eigenvalue weighted by Crippen LogP contribution is -2.33. The fraction of sp³-hybridized carbons (Fsp3) is 0.200. The molecule has 1 rings (SSSR count). The molecule has 3 nitrogen and oxygen atoms in total. The number of aliphatic hydroxyl groups is 1. The second-order valence-electron chi connectivity index (χ2n) is 1.56. The summed E-state index contributed by atoms with van der Waals surface area (Å²) in [5.41, 5.74) is 2.72. The van der Waals surface area contributed by atoms with E-state index in [-0.39, 0.29) is 11.9 Å². The van der Waals surface area contributed by atoms with Gasteiger partial charge in [0.15, 0.2) is 0 Å². The molecule has 0 radical (unpaired) electrons. The van der Waals surface area contributed by atoms with Gasteiger partial charge in [0.1, 0.15) is 6.00 Å². The van der Waals surface area contributed by atoms with Crippen LogP contribution < -0.4 is 5.43 Å². The van der Waals surface area contributed by atoms with Gasteiger partial charge < -0.3 is 10.5 Å². The van der Waals surface area contributed by atoms with Crippen molar-refractivity contribution in [3.05, 3.63) is 24.2 Å². The monoisotopic (exact) mass is 146 g/mol. The standard InChI is InChI=1S/C5H7ClN2O/c6-4-8-5(9)2-1-3-7-8/h1-3,7,9H,4H2. The third kappa shape index (κ3) is 1.29.